The standard InChI is InChI=1S/C22H14Cl3N3O2S2/c23-12-1-5-15(6-2-12)32-11-20(29)28-22(31)26-14-4-8-19-18(10-14)27-21(30-19)16-7-3-13(24)9-17(16)25/h1-10H,11H2,(H2,26,28,29,31). The van der Waals surface area contributed by atoms with Crippen molar-refractivity contribution in [3.05, 3.63) is 75.7 Å². The van der Waals surface area contributed by atoms with Crippen molar-refractivity contribution >= 4 is 86.6 Å². The highest BCUT2D eigenvalue weighted by Crippen LogP contribution is 2.32. The third kappa shape index (κ3) is 5.74. The molecule has 0 spiro atoms. The summed E-state index contributed by atoms with van der Waals surface area (Å²) in [5.41, 5.74) is 2.51. The maximum Gasteiger partial charge on any atom is 0.236 e. The first-order valence-electron chi connectivity index (χ1n) is 9.22. The molecular formula is C22H14Cl3N3O2S2. The van der Waals surface area contributed by atoms with Crippen LogP contribution in [-0.2, 0) is 4.79 Å². The Bertz CT molecular complexity index is 1310. The molecule has 32 heavy (non-hydrogen) atoms. The van der Waals surface area contributed by atoms with E-state index in [0.717, 1.165) is 4.90 Å². The molecule has 0 radical (unpaired) electrons. The topological polar surface area (TPSA) is 67.2 Å². The number of rotatable bonds is 5. The van der Waals surface area contributed by atoms with E-state index in [2.05, 4.69) is 15.6 Å². The molecule has 1 amide bonds. The molecular weight excluding hydrogens is 509 g/mol. The number of carbonyl (C=O) groups excluding carboxylic acids is 1. The van der Waals surface area contributed by atoms with Crippen LogP contribution in [0.25, 0.3) is 22.6 Å². The number of hydrogen-bond acceptors (Lipinski definition) is 5. The minimum absolute atomic E-state index is 0.190. The predicted octanol–water partition coefficient (Wildman–Crippen LogP) is 7.06. The number of nitrogens with one attached hydrogen (secondary N) is 2. The first-order chi connectivity index (χ1) is 15.4. The van der Waals surface area contributed by atoms with Gasteiger partial charge in [0.05, 0.1) is 16.3 Å². The summed E-state index contributed by atoms with van der Waals surface area (Å²) in [5.74, 6) is 0.385. The van der Waals surface area contributed by atoms with Gasteiger partial charge in [0.2, 0.25) is 11.8 Å². The molecule has 3 aromatic carbocycles. The van der Waals surface area contributed by atoms with Crippen LogP contribution < -0.4 is 10.6 Å². The number of aromatic nitrogens is 1. The van der Waals surface area contributed by atoms with Gasteiger partial charge < -0.3 is 15.1 Å². The average Bonchev–Trinajstić information content (AvgIpc) is 3.16. The summed E-state index contributed by atoms with van der Waals surface area (Å²) in [6.45, 7) is 0. The van der Waals surface area contributed by atoms with E-state index in [1.807, 2.05) is 12.1 Å². The first kappa shape index (κ1) is 22.9. The molecule has 162 valence electrons. The molecule has 0 aliphatic carbocycles. The number of carbonyl (C=O) groups is 1. The number of thioether (sulfide) groups is 1. The number of thiocarbonyl (C=S) groups is 1. The molecule has 0 aliphatic heterocycles. The molecule has 1 heterocycles. The molecule has 0 atom stereocenters. The minimum Gasteiger partial charge on any atom is -0.436 e. The Balaban J connectivity index is 1.38. The van der Waals surface area contributed by atoms with E-state index in [1.54, 1.807) is 48.5 Å². The number of hydrogen-bond donors (Lipinski definition) is 2. The number of halogens is 3. The predicted molar refractivity (Wildman–Crippen MR) is 136 cm³/mol. The third-order valence-corrected chi connectivity index (χ3v) is 6.26. The van der Waals surface area contributed by atoms with Gasteiger partial charge in [0.1, 0.15) is 5.52 Å². The molecule has 0 aliphatic rings. The number of oxazole rings is 1. The molecule has 1 aromatic heterocycles. The number of fused-ring (bicyclic) bond motifs is 1. The summed E-state index contributed by atoms with van der Waals surface area (Å²) in [6, 6.07) is 17.7. The number of nitrogens with zero attached hydrogens (tertiary/aromatic N) is 1. The van der Waals surface area contributed by atoms with Crippen LogP contribution in [0.5, 0.6) is 0 Å². The molecule has 0 saturated carbocycles. The van der Waals surface area contributed by atoms with Gasteiger partial charge in [-0.25, -0.2) is 4.98 Å². The largest absolute Gasteiger partial charge is 0.436 e. The lowest BCUT2D eigenvalue weighted by atomic mass is 10.2. The SMILES string of the molecule is O=C(CSc1ccc(Cl)cc1)NC(=S)Nc1ccc2oc(-c3ccc(Cl)cc3Cl)nc2c1. The molecule has 0 unspecified atom stereocenters. The Morgan fingerprint density at radius 3 is 2.50 bits per heavy atom. The molecule has 0 fully saturated rings. The van der Waals surface area contributed by atoms with E-state index in [-0.39, 0.29) is 16.8 Å². The van der Waals surface area contributed by atoms with Gasteiger partial charge in [-0.1, -0.05) is 34.8 Å². The summed E-state index contributed by atoms with van der Waals surface area (Å²) in [6.07, 6.45) is 0. The lowest BCUT2D eigenvalue weighted by Gasteiger charge is -2.09. The van der Waals surface area contributed by atoms with E-state index in [9.17, 15) is 4.79 Å². The maximum atomic E-state index is 12.2. The molecule has 0 bridgehead atoms. The van der Waals surface area contributed by atoms with Gasteiger partial charge in [-0.3, -0.25) is 4.79 Å². The van der Waals surface area contributed by atoms with Crippen molar-refractivity contribution in [3.8, 4) is 11.5 Å². The van der Waals surface area contributed by atoms with Gasteiger partial charge in [0.15, 0.2) is 10.7 Å². The summed E-state index contributed by atoms with van der Waals surface area (Å²) >= 11 is 24.7. The maximum absolute atomic E-state index is 12.2. The van der Waals surface area contributed by atoms with Crippen molar-refractivity contribution < 1.29 is 9.21 Å². The van der Waals surface area contributed by atoms with Gasteiger partial charge in [-0.2, -0.15) is 0 Å². The average molecular weight is 523 g/mol. The molecule has 5 nitrogen and oxygen atoms in total. The smallest absolute Gasteiger partial charge is 0.236 e. The van der Waals surface area contributed by atoms with Crippen LogP contribution in [0.2, 0.25) is 15.1 Å². The highest BCUT2D eigenvalue weighted by molar-refractivity contribution is 8.00. The fourth-order valence-electron chi connectivity index (χ4n) is 2.79. The van der Waals surface area contributed by atoms with Crippen molar-refractivity contribution in [2.75, 3.05) is 11.1 Å². The number of anilines is 1. The van der Waals surface area contributed by atoms with E-state index >= 15 is 0 Å². The Hall–Kier alpha value is -2.29. The molecule has 4 aromatic rings. The zero-order valence-electron chi connectivity index (χ0n) is 16.2. The quantitative estimate of drug-likeness (QED) is 0.216. The Labute approximate surface area is 208 Å². The zero-order valence-corrected chi connectivity index (χ0v) is 20.1. The van der Waals surface area contributed by atoms with Crippen LogP contribution in [0.1, 0.15) is 0 Å². The molecule has 10 heteroatoms. The third-order valence-electron chi connectivity index (χ3n) is 4.24. The van der Waals surface area contributed by atoms with Crippen LogP contribution in [0.3, 0.4) is 0 Å². The van der Waals surface area contributed by atoms with E-state index in [4.69, 9.17) is 51.4 Å². The van der Waals surface area contributed by atoms with E-state index < -0.39 is 0 Å². The fraction of sp³-hybridized carbons (Fsp3) is 0.0455. The molecule has 0 saturated heterocycles. The van der Waals surface area contributed by atoms with Crippen molar-refractivity contribution in [1.82, 2.24) is 10.3 Å². The first-order valence-corrected chi connectivity index (χ1v) is 11.8. The molecule has 2 N–H and O–H groups in total. The lowest BCUT2D eigenvalue weighted by molar-refractivity contribution is -0.117. The lowest BCUT2D eigenvalue weighted by Crippen LogP contribution is -2.35. The van der Waals surface area contributed by atoms with Gasteiger partial charge in [0.25, 0.3) is 0 Å². The highest BCUT2D eigenvalue weighted by Gasteiger charge is 2.13. The van der Waals surface area contributed by atoms with Crippen LogP contribution in [0.15, 0.2) is 70.0 Å². The van der Waals surface area contributed by atoms with Crippen LogP contribution >= 0.6 is 58.8 Å². The van der Waals surface area contributed by atoms with Gasteiger partial charge in [-0.15, -0.1) is 11.8 Å². The second kappa shape index (κ2) is 10.1. The molecule has 4 rings (SSSR count). The minimum atomic E-state index is -0.218. The summed E-state index contributed by atoms with van der Waals surface area (Å²) in [7, 11) is 0. The van der Waals surface area contributed by atoms with Crippen LogP contribution in [-0.4, -0.2) is 21.8 Å². The van der Waals surface area contributed by atoms with E-state index in [0.29, 0.717) is 43.3 Å². The second-order valence-electron chi connectivity index (χ2n) is 6.57. The highest BCUT2D eigenvalue weighted by atomic mass is 35.5. The van der Waals surface area contributed by atoms with E-state index in [1.165, 1.54) is 11.8 Å². The van der Waals surface area contributed by atoms with Crippen molar-refractivity contribution in [2.24, 2.45) is 0 Å². The summed E-state index contributed by atoms with van der Waals surface area (Å²) < 4.78 is 5.80. The Kier molecular flexibility index (Phi) is 7.23. The van der Waals surface area contributed by atoms with Crippen molar-refractivity contribution in [3.63, 3.8) is 0 Å². The monoisotopic (exact) mass is 521 g/mol. The fourth-order valence-corrected chi connectivity index (χ4v) is 4.33. The normalized spacial score (nSPS) is 10.8. The number of benzene rings is 3. The second-order valence-corrected chi connectivity index (χ2v) is 9.31. The summed E-state index contributed by atoms with van der Waals surface area (Å²) in [5, 5.41) is 7.47. The Morgan fingerprint density at radius 1 is 1.00 bits per heavy atom. The van der Waals surface area contributed by atoms with Gasteiger partial charge in [-0.05, 0) is 72.9 Å². The van der Waals surface area contributed by atoms with Gasteiger partial charge in [0, 0.05) is 20.6 Å². The van der Waals surface area contributed by atoms with Crippen molar-refractivity contribution in [1.29, 1.82) is 0 Å². The Morgan fingerprint density at radius 2 is 1.75 bits per heavy atom. The van der Waals surface area contributed by atoms with Gasteiger partial charge >= 0.3 is 0 Å². The van der Waals surface area contributed by atoms with Crippen molar-refractivity contribution in [2.45, 2.75) is 4.90 Å². The summed E-state index contributed by atoms with van der Waals surface area (Å²) in [4.78, 5) is 17.6. The number of amides is 1. The van der Waals surface area contributed by atoms with Crippen LogP contribution in [0.4, 0.5) is 5.69 Å². The zero-order chi connectivity index (χ0) is 22.7. The van der Waals surface area contributed by atoms with Crippen LogP contribution in [0, 0.1) is 0 Å².